The van der Waals surface area contributed by atoms with Crippen LogP contribution < -0.4 is 11.3 Å². The molecular weight excluding hydrogens is 200 g/mol. The van der Waals surface area contributed by atoms with E-state index in [-0.39, 0.29) is 5.97 Å². The Morgan fingerprint density at radius 2 is 2.36 bits per heavy atom. The van der Waals surface area contributed by atoms with Crippen LogP contribution in [0.4, 0.5) is 5.00 Å². The number of anilines is 1. The molecule has 1 aromatic heterocycles. The van der Waals surface area contributed by atoms with Crippen LogP contribution in [0.3, 0.4) is 0 Å². The molecule has 0 radical (unpaired) electrons. The summed E-state index contributed by atoms with van der Waals surface area (Å²) in [6, 6.07) is 1.82. The lowest BCUT2D eigenvalue weighted by Crippen LogP contribution is -2.11. The van der Waals surface area contributed by atoms with Gasteiger partial charge in [0.2, 0.25) is 0 Å². The average molecular weight is 214 g/mol. The van der Waals surface area contributed by atoms with Crippen molar-refractivity contribution in [3.8, 4) is 0 Å². The van der Waals surface area contributed by atoms with E-state index in [9.17, 15) is 4.79 Å². The number of ether oxygens (including phenoxy) is 1. The van der Waals surface area contributed by atoms with Gasteiger partial charge in [-0.15, -0.1) is 11.3 Å². The number of hydrogen-bond acceptors (Lipinski definition) is 5. The van der Waals surface area contributed by atoms with Gasteiger partial charge in [-0.1, -0.05) is 6.92 Å². The maximum Gasteiger partial charge on any atom is 0.341 e. The van der Waals surface area contributed by atoms with Crippen LogP contribution in [0.5, 0.6) is 0 Å². The maximum absolute atomic E-state index is 11.4. The molecule has 3 N–H and O–H groups in total. The van der Waals surface area contributed by atoms with Crippen molar-refractivity contribution < 1.29 is 9.53 Å². The minimum Gasteiger partial charge on any atom is -0.462 e. The van der Waals surface area contributed by atoms with Crippen molar-refractivity contribution in [2.75, 3.05) is 12.0 Å². The van der Waals surface area contributed by atoms with Crippen LogP contribution in [0.2, 0.25) is 0 Å². The van der Waals surface area contributed by atoms with Gasteiger partial charge in [-0.2, -0.15) is 0 Å². The van der Waals surface area contributed by atoms with Crippen LogP contribution >= 0.6 is 11.3 Å². The highest BCUT2D eigenvalue weighted by Gasteiger charge is 2.15. The summed E-state index contributed by atoms with van der Waals surface area (Å²) < 4.78 is 4.90. The van der Waals surface area contributed by atoms with Gasteiger partial charge in [0.15, 0.2) is 0 Å². The first-order chi connectivity index (χ1) is 6.72. The second-order valence-corrected chi connectivity index (χ2v) is 3.81. The van der Waals surface area contributed by atoms with E-state index in [4.69, 9.17) is 10.6 Å². The van der Waals surface area contributed by atoms with E-state index < -0.39 is 0 Å². The van der Waals surface area contributed by atoms with Crippen molar-refractivity contribution >= 4 is 22.3 Å². The van der Waals surface area contributed by atoms with Gasteiger partial charge in [0, 0.05) is 4.88 Å². The fraction of sp³-hybridized carbons (Fsp3) is 0.444. The molecular formula is C9H14N2O2S. The predicted octanol–water partition coefficient (Wildman–Crippen LogP) is 1.77. The average Bonchev–Trinajstić information content (AvgIpc) is 2.61. The highest BCUT2D eigenvalue weighted by atomic mass is 32.1. The Bertz CT molecular complexity index is 323. The smallest absolute Gasteiger partial charge is 0.341 e. The van der Waals surface area contributed by atoms with Crippen molar-refractivity contribution in [2.45, 2.75) is 20.3 Å². The zero-order valence-electron chi connectivity index (χ0n) is 8.29. The molecule has 14 heavy (non-hydrogen) atoms. The molecule has 0 aromatic carbocycles. The van der Waals surface area contributed by atoms with Crippen LogP contribution in [-0.2, 0) is 11.2 Å². The van der Waals surface area contributed by atoms with Crippen LogP contribution in [0.1, 0.15) is 29.1 Å². The van der Waals surface area contributed by atoms with E-state index >= 15 is 0 Å². The Hall–Kier alpha value is -1.07. The number of esters is 1. The van der Waals surface area contributed by atoms with E-state index in [2.05, 4.69) is 5.43 Å². The van der Waals surface area contributed by atoms with Gasteiger partial charge in [0.25, 0.3) is 0 Å². The molecule has 1 aromatic rings. The molecule has 0 bridgehead atoms. The normalized spacial score (nSPS) is 9.93. The summed E-state index contributed by atoms with van der Waals surface area (Å²) in [7, 11) is 0. The van der Waals surface area contributed by atoms with E-state index in [1.165, 1.54) is 11.3 Å². The highest BCUT2D eigenvalue weighted by molar-refractivity contribution is 7.16. The first kappa shape index (κ1) is 11.0. The summed E-state index contributed by atoms with van der Waals surface area (Å²) in [6.07, 6.45) is 0.888. The van der Waals surface area contributed by atoms with E-state index in [0.717, 1.165) is 11.3 Å². The SMILES string of the molecule is CCOC(=O)c1cc(CC)sc1NN. The zero-order valence-corrected chi connectivity index (χ0v) is 9.11. The fourth-order valence-corrected chi connectivity index (χ4v) is 1.98. The molecule has 5 heteroatoms. The largest absolute Gasteiger partial charge is 0.462 e. The first-order valence-electron chi connectivity index (χ1n) is 4.49. The molecule has 1 heterocycles. The van der Waals surface area contributed by atoms with Crippen molar-refractivity contribution in [1.29, 1.82) is 0 Å². The predicted molar refractivity (Wildman–Crippen MR) is 57.5 cm³/mol. The van der Waals surface area contributed by atoms with Crippen LogP contribution in [-0.4, -0.2) is 12.6 Å². The van der Waals surface area contributed by atoms with Crippen LogP contribution in [0.15, 0.2) is 6.07 Å². The number of nitrogens with two attached hydrogens (primary N) is 1. The summed E-state index contributed by atoms with van der Waals surface area (Å²) in [4.78, 5) is 12.6. The number of carbonyl (C=O) groups is 1. The minimum atomic E-state index is -0.323. The van der Waals surface area contributed by atoms with Gasteiger partial charge < -0.3 is 10.2 Å². The number of rotatable bonds is 4. The van der Waals surface area contributed by atoms with Gasteiger partial charge in [-0.05, 0) is 19.4 Å². The molecule has 4 nitrogen and oxygen atoms in total. The molecule has 0 saturated heterocycles. The lowest BCUT2D eigenvalue weighted by atomic mass is 10.2. The third-order valence-electron chi connectivity index (χ3n) is 1.76. The third-order valence-corrected chi connectivity index (χ3v) is 2.97. The summed E-state index contributed by atoms with van der Waals surface area (Å²) >= 11 is 1.48. The Labute approximate surface area is 87.0 Å². The van der Waals surface area contributed by atoms with Crippen molar-refractivity contribution in [3.63, 3.8) is 0 Å². The fourth-order valence-electron chi connectivity index (χ4n) is 1.08. The van der Waals surface area contributed by atoms with Crippen LogP contribution in [0.25, 0.3) is 0 Å². The molecule has 0 aliphatic carbocycles. The highest BCUT2D eigenvalue weighted by Crippen LogP contribution is 2.28. The monoisotopic (exact) mass is 214 g/mol. The molecule has 0 amide bonds. The number of hydrazine groups is 1. The van der Waals surface area contributed by atoms with Crippen molar-refractivity contribution in [3.05, 3.63) is 16.5 Å². The van der Waals surface area contributed by atoms with Crippen LogP contribution in [0, 0.1) is 0 Å². The van der Waals surface area contributed by atoms with Gasteiger partial charge >= 0.3 is 5.97 Å². The number of carbonyl (C=O) groups excluding carboxylic acids is 1. The number of aryl methyl sites for hydroxylation is 1. The van der Waals surface area contributed by atoms with Gasteiger partial charge in [0.1, 0.15) is 5.00 Å². The number of thiophene rings is 1. The molecule has 1 rings (SSSR count). The quantitative estimate of drug-likeness (QED) is 0.455. The summed E-state index contributed by atoms with van der Waals surface area (Å²) in [5.41, 5.74) is 3.03. The standard InChI is InChI=1S/C9H14N2O2S/c1-3-6-5-7(8(11-10)14-6)9(12)13-4-2/h5,11H,3-4,10H2,1-2H3. The molecule has 0 spiro atoms. The maximum atomic E-state index is 11.4. The van der Waals surface area contributed by atoms with Gasteiger partial charge in [-0.25, -0.2) is 10.6 Å². The Morgan fingerprint density at radius 3 is 2.86 bits per heavy atom. The molecule has 0 fully saturated rings. The molecule has 0 saturated carbocycles. The Kier molecular flexibility index (Phi) is 3.91. The minimum absolute atomic E-state index is 0.323. The summed E-state index contributed by atoms with van der Waals surface area (Å²) in [5, 5.41) is 0.667. The summed E-state index contributed by atoms with van der Waals surface area (Å²) in [5.74, 6) is 4.98. The number of nitrogen functional groups attached to an aromatic ring is 1. The van der Waals surface area contributed by atoms with E-state index in [1.807, 2.05) is 13.0 Å². The molecule has 0 unspecified atom stereocenters. The topological polar surface area (TPSA) is 64.3 Å². The third kappa shape index (κ3) is 2.24. The van der Waals surface area contributed by atoms with E-state index in [0.29, 0.717) is 17.2 Å². The molecule has 0 aliphatic heterocycles. The second-order valence-electron chi connectivity index (χ2n) is 2.67. The Morgan fingerprint density at radius 1 is 1.64 bits per heavy atom. The zero-order chi connectivity index (χ0) is 10.6. The van der Waals surface area contributed by atoms with E-state index in [1.54, 1.807) is 6.92 Å². The summed E-state index contributed by atoms with van der Waals surface area (Å²) in [6.45, 7) is 4.18. The van der Waals surface area contributed by atoms with Crippen molar-refractivity contribution in [2.24, 2.45) is 5.84 Å². The molecule has 0 aliphatic rings. The van der Waals surface area contributed by atoms with Crippen molar-refractivity contribution in [1.82, 2.24) is 0 Å². The lowest BCUT2D eigenvalue weighted by molar-refractivity contribution is 0.0528. The van der Waals surface area contributed by atoms with Gasteiger partial charge in [0.05, 0.1) is 12.2 Å². The second kappa shape index (κ2) is 4.97. The Balaban J connectivity index is 2.93. The number of nitrogens with one attached hydrogen (secondary N) is 1. The lowest BCUT2D eigenvalue weighted by Gasteiger charge is -2.01. The van der Waals surface area contributed by atoms with Gasteiger partial charge in [-0.3, -0.25) is 0 Å². The number of hydrogen-bond donors (Lipinski definition) is 2. The molecule has 78 valence electrons. The first-order valence-corrected chi connectivity index (χ1v) is 5.31. The molecule has 0 atom stereocenters.